The van der Waals surface area contributed by atoms with Crippen LogP contribution in [0.1, 0.15) is 44.1 Å². The quantitative estimate of drug-likeness (QED) is 0.728. The predicted molar refractivity (Wildman–Crippen MR) is 102 cm³/mol. The maximum atomic E-state index is 10.1. The molecule has 0 bridgehead atoms. The lowest BCUT2D eigenvalue weighted by atomic mass is 9.95. The largest absolute Gasteiger partial charge is 0.496 e. The summed E-state index contributed by atoms with van der Waals surface area (Å²) < 4.78 is 5.43. The van der Waals surface area contributed by atoms with Gasteiger partial charge < -0.3 is 20.0 Å². The summed E-state index contributed by atoms with van der Waals surface area (Å²) in [4.78, 5) is 6.58. The first-order valence-electron chi connectivity index (χ1n) is 9.18. The molecule has 1 heterocycles. The van der Waals surface area contributed by atoms with E-state index in [0.717, 1.165) is 34.1 Å². The molecule has 2 N–H and O–H groups in total. The number of hydrogen-bond acceptors (Lipinski definition) is 6. The van der Waals surface area contributed by atoms with Crippen LogP contribution in [-0.4, -0.2) is 49.0 Å². The van der Waals surface area contributed by atoms with E-state index >= 15 is 0 Å². The number of benzene rings is 1. The minimum atomic E-state index is -0.533. The molecule has 0 amide bonds. The van der Waals surface area contributed by atoms with Gasteiger partial charge in [-0.05, 0) is 18.9 Å². The summed E-state index contributed by atoms with van der Waals surface area (Å²) in [5.74, 6) is 1.84. The molecule has 138 valence electrons. The lowest BCUT2D eigenvalue weighted by Gasteiger charge is -2.24. The van der Waals surface area contributed by atoms with E-state index in [-0.39, 0.29) is 6.61 Å². The third kappa shape index (κ3) is 5.12. The minimum Gasteiger partial charge on any atom is -0.496 e. The number of nitrogens with zero attached hydrogens (tertiary/aromatic N) is 1. The predicted octanol–water partition coefficient (Wildman–Crippen LogP) is 3.19. The van der Waals surface area contributed by atoms with E-state index in [2.05, 4.69) is 10.5 Å². The Morgan fingerprint density at radius 1 is 1.32 bits per heavy atom. The van der Waals surface area contributed by atoms with Crippen molar-refractivity contribution in [1.82, 2.24) is 5.32 Å². The van der Waals surface area contributed by atoms with Crippen molar-refractivity contribution in [1.29, 1.82) is 0 Å². The number of aliphatic hydroxyl groups is 1. The van der Waals surface area contributed by atoms with E-state index in [1.54, 1.807) is 18.9 Å². The molecule has 1 fully saturated rings. The van der Waals surface area contributed by atoms with E-state index in [4.69, 9.17) is 9.57 Å². The van der Waals surface area contributed by atoms with Crippen molar-refractivity contribution in [2.45, 2.75) is 55.6 Å². The second-order valence-corrected chi connectivity index (χ2v) is 7.77. The summed E-state index contributed by atoms with van der Waals surface area (Å²) in [6.45, 7) is 0.783. The van der Waals surface area contributed by atoms with Gasteiger partial charge in [0.05, 0.1) is 17.7 Å². The molecule has 0 spiro atoms. The van der Waals surface area contributed by atoms with Crippen molar-refractivity contribution in [2.75, 3.05) is 26.0 Å². The lowest BCUT2D eigenvalue weighted by molar-refractivity contribution is 0.0380. The van der Waals surface area contributed by atoms with Crippen LogP contribution < -0.4 is 10.1 Å². The van der Waals surface area contributed by atoms with Gasteiger partial charge in [0, 0.05) is 30.3 Å². The van der Waals surface area contributed by atoms with E-state index in [9.17, 15) is 5.11 Å². The third-order valence-corrected chi connectivity index (χ3v) is 5.90. The Hall–Kier alpha value is -1.24. The first-order valence-corrected chi connectivity index (χ1v) is 10.2. The fourth-order valence-corrected chi connectivity index (χ4v) is 4.54. The van der Waals surface area contributed by atoms with Crippen molar-refractivity contribution in [3.8, 4) is 5.75 Å². The van der Waals surface area contributed by atoms with Crippen molar-refractivity contribution >= 4 is 17.5 Å². The van der Waals surface area contributed by atoms with Gasteiger partial charge in [-0.1, -0.05) is 36.6 Å². The molecule has 1 aliphatic carbocycles. The standard InChI is InChI=1S/C19H28N2O3S/c1-23-18-9-5-8-16-17(10-11-25-19(16)18)21-24-13-15(22)12-20-14-6-3-2-4-7-14/h5,8-9,14-15,20,22H,2-4,6-7,10-13H2,1H3. The maximum Gasteiger partial charge on any atom is 0.144 e. The number of ether oxygens (including phenoxy) is 1. The minimum absolute atomic E-state index is 0.218. The number of fused-ring (bicyclic) bond motifs is 1. The van der Waals surface area contributed by atoms with Crippen molar-refractivity contribution in [3.63, 3.8) is 0 Å². The van der Waals surface area contributed by atoms with Gasteiger partial charge in [0.2, 0.25) is 0 Å². The molecule has 1 unspecified atom stereocenters. The highest BCUT2D eigenvalue weighted by atomic mass is 32.2. The van der Waals surface area contributed by atoms with Crippen LogP contribution in [0.2, 0.25) is 0 Å². The van der Waals surface area contributed by atoms with E-state index in [1.807, 2.05) is 18.2 Å². The SMILES string of the molecule is COc1cccc2c1SCCC2=NOCC(O)CNC1CCCCC1. The Bertz CT molecular complexity index is 588. The van der Waals surface area contributed by atoms with Gasteiger partial charge in [0.15, 0.2) is 0 Å². The Kier molecular flexibility index (Phi) is 7.02. The monoisotopic (exact) mass is 364 g/mol. The van der Waals surface area contributed by atoms with Crippen molar-refractivity contribution < 1.29 is 14.7 Å². The number of thioether (sulfide) groups is 1. The Balaban J connectivity index is 1.49. The molecule has 1 atom stereocenters. The van der Waals surface area contributed by atoms with Gasteiger partial charge in [0.25, 0.3) is 0 Å². The van der Waals surface area contributed by atoms with Gasteiger partial charge in [-0.15, -0.1) is 11.8 Å². The molecule has 0 saturated heterocycles. The van der Waals surface area contributed by atoms with Crippen molar-refractivity contribution in [3.05, 3.63) is 23.8 Å². The molecule has 1 saturated carbocycles. The number of nitrogens with one attached hydrogen (secondary N) is 1. The third-order valence-electron chi connectivity index (χ3n) is 4.78. The van der Waals surface area contributed by atoms with Gasteiger partial charge in [-0.3, -0.25) is 0 Å². The molecule has 0 aromatic heterocycles. The molecule has 1 aliphatic heterocycles. The summed E-state index contributed by atoms with van der Waals surface area (Å²) in [5.41, 5.74) is 2.01. The van der Waals surface area contributed by atoms with Crippen LogP contribution in [0.5, 0.6) is 5.75 Å². The summed E-state index contributed by atoms with van der Waals surface area (Å²) in [5, 5.41) is 17.8. The molecule has 1 aromatic carbocycles. The topological polar surface area (TPSA) is 63.1 Å². The van der Waals surface area contributed by atoms with Crippen LogP contribution in [0.3, 0.4) is 0 Å². The zero-order valence-electron chi connectivity index (χ0n) is 14.9. The van der Waals surface area contributed by atoms with Crippen LogP contribution in [0.15, 0.2) is 28.3 Å². The summed E-state index contributed by atoms with van der Waals surface area (Å²) >= 11 is 1.79. The van der Waals surface area contributed by atoms with Crippen LogP contribution in [-0.2, 0) is 4.84 Å². The highest BCUT2D eigenvalue weighted by molar-refractivity contribution is 7.99. The van der Waals surface area contributed by atoms with Crippen LogP contribution >= 0.6 is 11.8 Å². The molecule has 2 aliphatic rings. The Morgan fingerprint density at radius 2 is 2.16 bits per heavy atom. The normalized spacial score (nSPS) is 21.0. The van der Waals surface area contributed by atoms with Gasteiger partial charge in [0.1, 0.15) is 18.5 Å². The molecule has 6 heteroatoms. The Morgan fingerprint density at radius 3 is 2.96 bits per heavy atom. The van der Waals surface area contributed by atoms with Gasteiger partial charge >= 0.3 is 0 Å². The Labute approximate surface area is 154 Å². The zero-order chi connectivity index (χ0) is 17.5. The molecule has 5 nitrogen and oxygen atoms in total. The number of oxime groups is 1. The van der Waals surface area contributed by atoms with Crippen molar-refractivity contribution in [2.24, 2.45) is 5.16 Å². The van der Waals surface area contributed by atoms with Crippen LogP contribution in [0.4, 0.5) is 0 Å². The second-order valence-electron chi connectivity index (χ2n) is 6.67. The number of hydrogen-bond donors (Lipinski definition) is 2. The smallest absolute Gasteiger partial charge is 0.144 e. The molecule has 25 heavy (non-hydrogen) atoms. The highest BCUT2D eigenvalue weighted by Gasteiger charge is 2.20. The first-order chi connectivity index (χ1) is 12.3. The fraction of sp³-hybridized carbons (Fsp3) is 0.632. The number of methoxy groups -OCH3 is 1. The first kappa shape index (κ1) is 18.5. The molecule has 3 rings (SSSR count). The van der Waals surface area contributed by atoms with Crippen LogP contribution in [0, 0.1) is 0 Å². The van der Waals surface area contributed by atoms with Crippen LogP contribution in [0.25, 0.3) is 0 Å². The molecular formula is C19H28N2O3S. The zero-order valence-corrected chi connectivity index (χ0v) is 15.7. The number of aliphatic hydroxyl groups excluding tert-OH is 1. The molecule has 1 aromatic rings. The molecular weight excluding hydrogens is 336 g/mol. The summed E-state index contributed by atoms with van der Waals surface area (Å²) in [6, 6.07) is 6.54. The van der Waals surface area contributed by atoms with E-state index in [1.165, 1.54) is 32.1 Å². The van der Waals surface area contributed by atoms with Gasteiger partial charge in [-0.2, -0.15) is 0 Å². The van der Waals surface area contributed by atoms with E-state index < -0.39 is 6.10 Å². The average Bonchev–Trinajstić information content (AvgIpc) is 2.67. The number of rotatable bonds is 7. The lowest BCUT2D eigenvalue weighted by Crippen LogP contribution is -2.38. The molecule has 0 radical (unpaired) electrons. The maximum absolute atomic E-state index is 10.1. The summed E-state index contributed by atoms with van der Waals surface area (Å²) in [6.07, 6.45) is 6.68. The van der Waals surface area contributed by atoms with Gasteiger partial charge in [-0.25, -0.2) is 0 Å². The summed E-state index contributed by atoms with van der Waals surface area (Å²) in [7, 11) is 1.69. The van der Waals surface area contributed by atoms with E-state index in [0.29, 0.717) is 12.6 Å². The fourth-order valence-electron chi connectivity index (χ4n) is 3.40. The highest BCUT2D eigenvalue weighted by Crippen LogP contribution is 2.37. The second kappa shape index (κ2) is 9.46. The average molecular weight is 365 g/mol.